The molecule has 1 atom stereocenters. The number of rotatable bonds is 5. The zero-order chi connectivity index (χ0) is 14.6. The molecule has 19 heavy (non-hydrogen) atoms. The molecule has 1 rings (SSSR count). The van der Waals surface area contributed by atoms with Crippen molar-refractivity contribution in [1.82, 2.24) is 0 Å². The van der Waals surface area contributed by atoms with Gasteiger partial charge in [0.2, 0.25) is 5.91 Å². The molecule has 102 valence electrons. The third-order valence-corrected chi connectivity index (χ3v) is 2.47. The number of amides is 1. The zero-order valence-corrected chi connectivity index (χ0v) is 10.2. The molecular weight excluding hydrogens is 252 g/mol. The van der Waals surface area contributed by atoms with E-state index in [9.17, 15) is 14.4 Å². The van der Waals surface area contributed by atoms with Gasteiger partial charge in [0.1, 0.15) is 0 Å². The molecule has 0 aromatic heterocycles. The lowest BCUT2D eigenvalue weighted by atomic mass is 10.1. The molecule has 1 unspecified atom stereocenters. The molecule has 5 N–H and O–H groups in total. The smallest absolute Gasteiger partial charge is 0.335 e. The lowest BCUT2D eigenvalue weighted by molar-refractivity contribution is -0.138. The molecule has 0 fully saturated rings. The van der Waals surface area contributed by atoms with E-state index in [-0.39, 0.29) is 5.56 Å². The van der Waals surface area contributed by atoms with E-state index in [4.69, 9.17) is 15.9 Å². The number of carboxylic acids is 2. The van der Waals surface area contributed by atoms with Crippen molar-refractivity contribution in [3.05, 3.63) is 29.3 Å². The summed E-state index contributed by atoms with van der Waals surface area (Å²) < 4.78 is 0. The SMILES string of the molecule is Cc1ccc(C(=O)O)cc1NC(=O)C(N)CC(=O)O. The number of nitrogens with two attached hydrogens (primary N) is 1. The summed E-state index contributed by atoms with van der Waals surface area (Å²) in [4.78, 5) is 32.9. The summed E-state index contributed by atoms with van der Waals surface area (Å²) in [6, 6.07) is 3.06. The lowest BCUT2D eigenvalue weighted by Crippen LogP contribution is -2.37. The minimum Gasteiger partial charge on any atom is -0.481 e. The van der Waals surface area contributed by atoms with Crippen LogP contribution in [0.1, 0.15) is 22.3 Å². The Morgan fingerprint density at radius 1 is 1.32 bits per heavy atom. The van der Waals surface area contributed by atoms with Gasteiger partial charge in [0.25, 0.3) is 0 Å². The van der Waals surface area contributed by atoms with Crippen LogP contribution in [0.4, 0.5) is 5.69 Å². The van der Waals surface area contributed by atoms with Crippen molar-refractivity contribution in [1.29, 1.82) is 0 Å². The fourth-order valence-electron chi connectivity index (χ4n) is 1.40. The van der Waals surface area contributed by atoms with Crippen LogP contribution in [-0.4, -0.2) is 34.1 Å². The number of hydrogen-bond acceptors (Lipinski definition) is 4. The Labute approximate surface area is 109 Å². The highest BCUT2D eigenvalue weighted by atomic mass is 16.4. The van der Waals surface area contributed by atoms with Gasteiger partial charge in [0.15, 0.2) is 0 Å². The number of benzene rings is 1. The van der Waals surface area contributed by atoms with Gasteiger partial charge >= 0.3 is 11.9 Å². The van der Waals surface area contributed by atoms with Gasteiger partial charge in [-0.25, -0.2) is 4.79 Å². The zero-order valence-electron chi connectivity index (χ0n) is 10.2. The van der Waals surface area contributed by atoms with Gasteiger partial charge in [-0.2, -0.15) is 0 Å². The summed E-state index contributed by atoms with van der Waals surface area (Å²) in [7, 11) is 0. The highest BCUT2D eigenvalue weighted by Gasteiger charge is 2.18. The van der Waals surface area contributed by atoms with E-state index in [1.54, 1.807) is 13.0 Å². The van der Waals surface area contributed by atoms with Gasteiger partial charge in [-0.3, -0.25) is 9.59 Å². The van der Waals surface area contributed by atoms with Gasteiger partial charge in [-0.05, 0) is 24.6 Å². The maximum Gasteiger partial charge on any atom is 0.335 e. The molecule has 0 bridgehead atoms. The minimum atomic E-state index is -1.19. The minimum absolute atomic E-state index is 0.0210. The second-order valence-electron chi connectivity index (χ2n) is 4.03. The van der Waals surface area contributed by atoms with E-state index in [0.717, 1.165) is 0 Å². The first-order chi connectivity index (χ1) is 8.81. The van der Waals surface area contributed by atoms with E-state index in [2.05, 4.69) is 5.32 Å². The summed E-state index contributed by atoms with van der Waals surface area (Å²) in [5.74, 6) is -2.97. The van der Waals surface area contributed by atoms with Crippen molar-refractivity contribution in [2.24, 2.45) is 5.73 Å². The maximum absolute atomic E-state index is 11.6. The molecular formula is C12H14N2O5. The monoisotopic (exact) mass is 266 g/mol. The molecule has 0 aliphatic heterocycles. The number of carbonyl (C=O) groups excluding carboxylic acids is 1. The maximum atomic E-state index is 11.6. The summed E-state index contributed by atoms with van der Waals surface area (Å²) >= 11 is 0. The van der Waals surface area contributed by atoms with E-state index in [1.165, 1.54) is 12.1 Å². The van der Waals surface area contributed by atoms with Crippen LogP contribution in [0.25, 0.3) is 0 Å². The molecule has 0 aliphatic carbocycles. The van der Waals surface area contributed by atoms with E-state index >= 15 is 0 Å². The third-order valence-electron chi connectivity index (χ3n) is 2.47. The average Bonchev–Trinajstić information content (AvgIpc) is 2.30. The topological polar surface area (TPSA) is 130 Å². The van der Waals surface area contributed by atoms with Crippen LogP contribution in [0.15, 0.2) is 18.2 Å². The Kier molecular flexibility index (Phi) is 4.60. The number of aromatic carboxylic acids is 1. The Bertz CT molecular complexity index is 527. The number of anilines is 1. The number of hydrogen-bond donors (Lipinski definition) is 4. The Hall–Kier alpha value is -2.41. The fraction of sp³-hybridized carbons (Fsp3) is 0.250. The molecule has 7 heteroatoms. The number of nitrogens with one attached hydrogen (secondary N) is 1. The molecule has 1 amide bonds. The summed E-state index contributed by atoms with van der Waals surface area (Å²) in [6.07, 6.45) is -0.497. The van der Waals surface area contributed by atoms with Crippen molar-refractivity contribution < 1.29 is 24.6 Å². The van der Waals surface area contributed by atoms with Crippen LogP contribution in [0.5, 0.6) is 0 Å². The van der Waals surface area contributed by atoms with Gasteiger partial charge in [0, 0.05) is 5.69 Å². The van der Waals surface area contributed by atoms with Gasteiger partial charge in [-0.15, -0.1) is 0 Å². The first kappa shape index (κ1) is 14.7. The molecule has 1 aromatic rings. The van der Waals surface area contributed by atoms with Crippen LogP contribution in [-0.2, 0) is 9.59 Å². The summed E-state index contributed by atoms with van der Waals surface area (Å²) in [5.41, 5.74) is 6.38. The van der Waals surface area contributed by atoms with Gasteiger partial charge in [-0.1, -0.05) is 6.07 Å². The van der Waals surface area contributed by atoms with Crippen molar-refractivity contribution in [2.45, 2.75) is 19.4 Å². The van der Waals surface area contributed by atoms with Crippen LogP contribution in [0.3, 0.4) is 0 Å². The molecule has 0 aliphatic rings. The molecule has 0 radical (unpaired) electrons. The van der Waals surface area contributed by atoms with E-state index in [0.29, 0.717) is 11.3 Å². The molecule has 7 nitrogen and oxygen atoms in total. The normalized spacial score (nSPS) is 11.7. The fourth-order valence-corrected chi connectivity index (χ4v) is 1.40. The number of aliphatic carboxylic acids is 1. The first-order valence-electron chi connectivity index (χ1n) is 5.43. The summed E-state index contributed by atoms with van der Waals surface area (Å²) in [5, 5.41) is 19.8. The van der Waals surface area contributed by atoms with Crippen molar-refractivity contribution in [2.75, 3.05) is 5.32 Å². The lowest BCUT2D eigenvalue weighted by Gasteiger charge is -2.12. The first-order valence-corrected chi connectivity index (χ1v) is 5.43. The average molecular weight is 266 g/mol. The molecule has 0 spiro atoms. The highest BCUT2D eigenvalue weighted by Crippen LogP contribution is 2.17. The number of aryl methyl sites for hydroxylation is 1. The van der Waals surface area contributed by atoms with E-state index < -0.39 is 30.3 Å². The number of carbonyl (C=O) groups is 3. The molecule has 1 aromatic carbocycles. The van der Waals surface area contributed by atoms with Crippen molar-refractivity contribution in [3.8, 4) is 0 Å². The van der Waals surface area contributed by atoms with Crippen LogP contribution >= 0.6 is 0 Å². The summed E-state index contributed by atoms with van der Waals surface area (Å²) in [6.45, 7) is 1.68. The standard InChI is InChI=1S/C12H14N2O5/c1-6-2-3-7(12(18)19)4-9(6)14-11(17)8(13)5-10(15)16/h2-4,8H,5,13H2,1H3,(H,14,17)(H,15,16)(H,18,19). The molecule has 0 saturated carbocycles. The van der Waals surface area contributed by atoms with Gasteiger partial charge in [0.05, 0.1) is 18.0 Å². The Morgan fingerprint density at radius 3 is 2.47 bits per heavy atom. The second kappa shape index (κ2) is 5.96. The van der Waals surface area contributed by atoms with E-state index in [1.807, 2.05) is 0 Å². The van der Waals surface area contributed by atoms with Crippen molar-refractivity contribution >= 4 is 23.5 Å². The van der Waals surface area contributed by atoms with Crippen molar-refractivity contribution in [3.63, 3.8) is 0 Å². The predicted molar refractivity (Wildman–Crippen MR) is 67.0 cm³/mol. The largest absolute Gasteiger partial charge is 0.481 e. The van der Waals surface area contributed by atoms with Crippen LogP contribution < -0.4 is 11.1 Å². The van der Waals surface area contributed by atoms with Gasteiger partial charge < -0.3 is 21.3 Å². The van der Waals surface area contributed by atoms with Crippen LogP contribution in [0.2, 0.25) is 0 Å². The van der Waals surface area contributed by atoms with Crippen LogP contribution in [0, 0.1) is 6.92 Å². The molecule has 0 saturated heterocycles. The quantitative estimate of drug-likeness (QED) is 0.611. The molecule has 0 heterocycles. The number of carboxylic acid groups (broad SMARTS) is 2. The third kappa shape index (κ3) is 4.07. The Morgan fingerprint density at radius 2 is 1.95 bits per heavy atom. The predicted octanol–water partition coefficient (Wildman–Crippen LogP) is 0.434. The second-order valence-corrected chi connectivity index (χ2v) is 4.03. The Balaban J connectivity index is 2.86. The highest BCUT2D eigenvalue weighted by molar-refractivity contribution is 5.98.